The van der Waals surface area contributed by atoms with Gasteiger partial charge in [0.25, 0.3) is 0 Å². The quantitative estimate of drug-likeness (QED) is 0.776. The fourth-order valence-corrected chi connectivity index (χ4v) is 3.72. The van der Waals surface area contributed by atoms with Crippen LogP contribution in [0.1, 0.15) is 0 Å². The van der Waals surface area contributed by atoms with Crippen LogP contribution in [0, 0.1) is 11.6 Å². The van der Waals surface area contributed by atoms with Gasteiger partial charge in [-0.2, -0.15) is 4.31 Å². The summed E-state index contributed by atoms with van der Waals surface area (Å²) >= 11 is 3.22. The lowest BCUT2D eigenvalue weighted by molar-refractivity contribution is 0.0136. The molecule has 1 aliphatic heterocycles. The molecule has 0 aliphatic carbocycles. The molecule has 1 aliphatic rings. The van der Waals surface area contributed by atoms with Crippen molar-refractivity contribution in [2.75, 3.05) is 25.0 Å². The van der Waals surface area contributed by atoms with Crippen LogP contribution >= 0.6 is 15.9 Å². The second-order valence-corrected chi connectivity index (χ2v) is 6.64. The molecule has 1 saturated heterocycles. The lowest BCUT2D eigenvalue weighted by atomic mass is 10.3. The van der Waals surface area contributed by atoms with Gasteiger partial charge < -0.3 is 4.74 Å². The number of morpholine rings is 1. The van der Waals surface area contributed by atoms with Crippen molar-refractivity contribution in [1.82, 2.24) is 4.31 Å². The normalized spacial score (nSPS) is 21.5. The molecule has 1 aromatic rings. The highest BCUT2D eigenvalue weighted by Gasteiger charge is 2.32. The molecule has 1 atom stereocenters. The molecule has 0 spiro atoms. The van der Waals surface area contributed by atoms with Gasteiger partial charge in [0, 0.05) is 24.5 Å². The van der Waals surface area contributed by atoms with Gasteiger partial charge in [0.05, 0.1) is 12.7 Å². The van der Waals surface area contributed by atoms with Gasteiger partial charge in [-0.3, -0.25) is 0 Å². The highest BCUT2D eigenvalue weighted by molar-refractivity contribution is 9.09. The summed E-state index contributed by atoms with van der Waals surface area (Å²) in [6.07, 6.45) is -0.271. The highest BCUT2D eigenvalue weighted by atomic mass is 79.9. The number of hydrogen-bond donors (Lipinski definition) is 0. The number of ether oxygens (including phenoxy) is 1. The number of hydrogen-bond acceptors (Lipinski definition) is 3. The van der Waals surface area contributed by atoms with Crippen LogP contribution in [-0.4, -0.2) is 43.9 Å². The maximum atomic E-state index is 13.6. The van der Waals surface area contributed by atoms with Crippen LogP contribution in [0.4, 0.5) is 8.78 Å². The Hall–Kier alpha value is -0.570. The number of alkyl halides is 1. The Labute approximate surface area is 118 Å². The van der Waals surface area contributed by atoms with Crippen LogP contribution in [0.2, 0.25) is 0 Å². The van der Waals surface area contributed by atoms with E-state index in [2.05, 4.69) is 15.9 Å². The summed E-state index contributed by atoms with van der Waals surface area (Å²) in [6, 6.07) is 2.44. The molecule has 1 unspecified atom stereocenters. The molecule has 4 nitrogen and oxygen atoms in total. The Morgan fingerprint density at radius 1 is 1.42 bits per heavy atom. The lowest BCUT2D eigenvalue weighted by Gasteiger charge is -2.31. The maximum Gasteiger partial charge on any atom is 0.246 e. The lowest BCUT2D eigenvalue weighted by Crippen LogP contribution is -2.46. The van der Waals surface area contributed by atoms with Crippen molar-refractivity contribution in [2.45, 2.75) is 11.0 Å². The van der Waals surface area contributed by atoms with E-state index in [9.17, 15) is 17.2 Å². The molecule has 8 heteroatoms. The first-order valence-corrected chi connectivity index (χ1v) is 8.14. The third-order valence-corrected chi connectivity index (χ3v) is 5.41. The summed E-state index contributed by atoms with van der Waals surface area (Å²) in [5, 5.41) is 0.491. The van der Waals surface area contributed by atoms with Crippen molar-refractivity contribution in [1.29, 1.82) is 0 Å². The first kappa shape index (κ1) is 14.8. The van der Waals surface area contributed by atoms with E-state index >= 15 is 0 Å². The van der Waals surface area contributed by atoms with Crippen molar-refractivity contribution >= 4 is 26.0 Å². The van der Waals surface area contributed by atoms with E-state index in [4.69, 9.17) is 4.74 Å². The zero-order valence-electron chi connectivity index (χ0n) is 9.85. The van der Waals surface area contributed by atoms with Gasteiger partial charge in [0.15, 0.2) is 0 Å². The number of nitrogens with zero attached hydrogens (tertiary/aromatic N) is 1. The maximum absolute atomic E-state index is 13.6. The van der Waals surface area contributed by atoms with Crippen LogP contribution in [0.3, 0.4) is 0 Å². The average Bonchev–Trinajstić information content (AvgIpc) is 2.38. The van der Waals surface area contributed by atoms with Gasteiger partial charge in [-0.05, 0) is 12.1 Å². The Morgan fingerprint density at radius 3 is 2.79 bits per heavy atom. The van der Waals surface area contributed by atoms with Gasteiger partial charge in [-0.1, -0.05) is 15.9 Å². The molecule has 0 aromatic heterocycles. The van der Waals surface area contributed by atoms with E-state index in [-0.39, 0.29) is 25.8 Å². The van der Waals surface area contributed by atoms with Gasteiger partial charge >= 0.3 is 0 Å². The third-order valence-electron chi connectivity index (χ3n) is 2.79. The molecule has 1 fully saturated rings. The Morgan fingerprint density at radius 2 is 2.16 bits per heavy atom. The molecule has 1 heterocycles. The van der Waals surface area contributed by atoms with Crippen LogP contribution < -0.4 is 0 Å². The van der Waals surface area contributed by atoms with E-state index in [1.165, 1.54) is 0 Å². The van der Waals surface area contributed by atoms with Crippen LogP contribution in [-0.2, 0) is 14.8 Å². The topological polar surface area (TPSA) is 46.6 Å². The van der Waals surface area contributed by atoms with Crippen molar-refractivity contribution < 1.29 is 21.9 Å². The number of benzene rings is 1. The zero-order valence-corrected chi connectivity index (χ0v) is 12.3. The summed E-state index contributed by atoms with van der Waals surface area (Å²) in [4.78, 5) is -0.510. The largest absolute Gasteiger partial charge is 0.375 e. The van der Waals surface area contributed by atoms with Gasteiger partial charge in [0.2, 0.25) is 10.0 Å². The van der Waals surface area contributed by atoms with Gasteiger partial charge in [-0.15, -0.1) is 0 Å². The SMILES string of the molecule is O=S(=O)(c1ccc(F)cc1F)N1CCOC(CBr)C1. The minimum Gasteiger partial charge on any atom is -0.375 e. The second kappa shape index (κ2) is 5.82. The molecule has 106 valence electrons. The molecule has 0 saturated carbocycles. The number of halogens is 3. The number of sulfonamides is 1. The van der Waals surface area contributed by atoms with Gasteiger partial charge in [0.1, 0.15) is 16.5 Å². The summed E-state index contributed by atoms with van der Waals surface area (Å²) in [7, 11) is -3.96. The highest BCUT2D eigenvalue weighted by Crippen LogP contribution is 2.22. The third kappa shape index (κ3) is 3.13. The fraction of sp³-hybridized carbons (Fsp3) is 0.455. The predicted octanol–water partition coefficient (Wildman–Crippen LogP) is 1.75. The van der Waals surface area contributed by atoms with Gasteiger partial charge in [-0.25, -0.2) is 17.2 Å². The van der Waals surface area contributed by atoms with E-state index in [0.29, 0.717) is 11.4 Å². The van der Waals surface area contributed by atoms with Crippen molar-refractivity contribution in [3.8, 4) is 0 Å². The van der Waals surface area contributed by atoms with Crippen LogP contribution in [0.25, 0.3) is 0 Å². The van der Waals surface area contributed by atoms with Crippen LogP contribution in [0.15, 0.2) is 23.1 Å². The minimum atomic E-state index is -3.96. The fourth-order valence-electron chi connectivity index (χ4n) is 1.83. The summed E-state index contributed by atoms with van der Waals surface area (Å²) in [6.45, 7) is 0.547. The zero-order chi connectivity index (χ0) is 14.0. The summed E-state index contributed by atoms with van der Waals surface area (Å²) in [5.41, 5.74) is 0. The molecular formula is C11H12BrF2NO3S. The van der Waals surface area contributed by atoms with E-state index in [0.717, 1.165) is 16.4 Å². The minimum absolute atomic E-state index is 0.143. The molecule has 0 bridgehead atoms. The van der Waals surface area contributed by atoms with Crippen LogP contribution in [0.5, 0.6) is 0 Å². The van der Waals surface area contributed by atoms with Crippen molar-refractivity contribution in [2.24, 2.45) is 0 Å². The smallest absolute Gasteiger partial charge is 0.246 e. The second-order valence-electron chi connectivity index (χ2n) is 4.08. The first-order chi connectivity index (χ1) is 8.95. The molecular weight excluding hydrogens is 344 g/mol. The molecule has 19 heavy (non-hydrogen) atoms. The molecule has 0 radical (unpaired) electrons. The Bertz CT molecular complexity index is 567. The standard InChI is InChI=1S/C11H12BrF2NO3S/c12-6-9-7-15(3-4-18-9)19(16,17)11-2-1-8(13)5-10(11)14/h1-2,5,9H,3-4,6-7H2. The first-order valence-electron chi connectivity index (χ1n) is 5.58. The Balaban J connectivity index is 2.31. The van der Waals surface area contributed by atoms with Crippen molar-refractivity contribution in [3.05, 3.63) is 29.8 Å². The predicted molar refractivity (Wildman–Crippen MR) is 68.7 cm³/mol. The van der Waals surface area contributed by atoms with E-state index in [1.54, 1.807) is 0 Å². The van der Waals surface area contributed by atoms with Crippen molar-refractivity contribution in [3.63, 3.8) is 0 Å². The van der Waals surface area contributed by atoms with E-state index in [1.807, 2.05) is 0 Å². The molecule has 1 aromatic carbocycles. The molecule has 0 amide bonds. The molecule has 2 rings (SSSR count). The number of rotatable bonds is 3. The summed E-state index contributed by atoms with van der Waals surface area (Å²) in [5.74, 6) is -1.89. The monoisotopic (exact) mass is 355 g/mol. The average molecular weight is 356 g/mol. The van der Waals surface area contributed by atoms with E-state index < -0.39 is 26.6 Å². The Kier molecular flexibility index (Phi) is 4.54. The molecule has 0 N–H and O–H groups in total. The summed E-state index contributed by atoms with van der Waals surface area (Å²) < 4.78 is 57.4.